The SMILES string of the molecule is Cc1ccc(-c2ccc3c(c2)c2cc4c5c(c2n3-c2ccccc2)C(C)C(C)c2cc3c6cc(-c7ccc(C)cc7)ccc6n(C6C=CC=CC6)c3c(c2-5)C(C)C4C)cc1. The summed E-state index contributed by atoms with van der Waals surface area (Å²) >= 11 is 0. The van der Waals surface area contributed by atoms with Crippen LogP contribution in [0.1, 0.15) is 97.2 Å². The Bertz CT molecular complexity index is 3290. The number of benzene rings is 7. The summed E-state index contributed by atoms with van der Waals surface area (Å²) < 4.78 is 5.32. The van der Waals surface area contributed by atoms with Gasteiger partial charge < -0.3 is 9.13 Å². The van der Waals surface area contributed by atoms with Crippen LogP contribution in [0.5, 0.6) is 0 Å². The van der Waals surface area contributed by atoms with Gasteiger partial charge in [0.25, 0.3) is 0 Å². The fourth-order valence-corrected chi connectivity index (χ4v) is 11.5. The fraction of sp³-hybridized carbons (Fsp3) is 0.207. The summed E-state index contributed by atoms with van der Waals surface area (Å²) in [6.07, 6.45) is 10.2. The standard InChI is InChI=1S/C58H50N2/c1-33-17-21-39(22-18-33)41-25-27-51-47(29-41)49-31-45-35(3)38(6)54-56-46(36(4)37(5)53(55(45)56)57(49)59(51)43-13-9-7-10-14-43)32-50-48-30-42(40-23-19-34(2)20-24-40)26-28-52(48)60(58(50)54)44-15-11-8-12-16-44/h7-15,17-32,35-38,44H,16H2,1-6H3. The molecule has 60 heavy (non-hydrogen) atoms. The third-order valence-corrected chi connectivity index (χ3v) is 15.0. The number of fused-ring (bicyclic) bond motifs is 8. The summed E-state index contributed by atoms with van der Waals surface area (Å²) in [5.41, 5.74) is 23.4. The fourth-order valence-electron chi connectivity index (χ4n) is 11.5. The maximum absolute atomic E-state index is 2.72. The zero-order valence-corrected chi connectivity index (χ0v) is 35.4. The van der Waals surface area contributed by atoms with E-state index < -0.39 is 0 Å². The lowest BCUT2D eigenvalue weighted by molar-refractivity contribution is 0.580. The Morgan fingerprint density at radius 1 is 0.467 bits per heavy atom. The van der Waals surface area contributed by atoms with Gasteiger partial charge in [-0.1, -0.05) is 142 Å². The van der Waals surface area contributed by atoms with Gasteiger partial charge in [0.2, 0.25) is 0 Å². The monoisotopic (exact) mass is 774 g/mol. The highest BCUT2D eigenvalue weighted by atomic mass is 15.0. The predicted molar refractivity (Wildman–Crippen MR) is 255 cm³/mol. The molecule has 292 valence electrons. The van der Waals surface area contributed by atoms with Gasteiger partial charge in [-0.3, -0.25) is 0 Å². The van der Waals surface area contributed by atoms with Crippen molar-refractivity contribution >= 4 is 43.6 Å². The highest BCUT2D eigenvalue weighted by Gasteiger charge is 2.42. The smallest absolute Gasteiger partial charge is 0.0582 e. The van der Waals surface area contributed by atoms with Gasteiger partial charge in [-0.2, -0.15) is 0 Å². The van der Waals surface area contributed by atoms with Crippen LogP contribution < -0.4 is 0 Å². The molecule has 5 atom stereocenters. The van der Waals surface area contributed by atoms with Crippen LogP contribution in [0.2, 0.25) is 0 Å². The molecule has 2 aromatic heterocycles. The first-order chi connectivity index (χ1) is 29.3. The van der Waals surface area contributed by atoms with E-state index in [0.29, 0.717) is 23.7 Å². The second-order valence-corrected chi connectivity index (χ2v) is 18.3. The molecule has 2 heterocycles. The number of aryl methyl sites for hydroxylation is 2. The average Bonchev–Trinajstić information content (AvgIpc) is 3.79. The third kappa shape index (κ3) is 4.94. The maximum Gasteiger partial charge on any atom is 0.0582 e. The lowest BCUT2D eigenvalue weighted by atomic mass is 9.62. The van der Waals surface area contributed by atoms with Crippen molar-refractivity contribution in [2.75, 3.05) is 0 Å². The van der Waals surface area contributed by atoms with Gasteiger partial charge in [0.15, 0.2) is 0 Å². The number of hydrogen-bond acceptors (Lipinski definition) is 0. The predicted octanol–water partition coefficient (Wildman–Crippen LogP) is 16.0. The molecule has 0 bridgehead atoms. The van der Waals surface area contributed by atoms with Gasteiger partial charge in [0, 0.05) is 32.7 Å². The molecule has 0 aliphatic heterocycles. The first-order valence-electron chi connectivity index (χ1n) is 22.1. The number of rotatable bonds is 4. The van der Waals surface area contributed by atoms with Gasteiger partial charge >= 0.3 is 0 Å². The Labute approximate surface area is 353 Å². The molecule has 0 saturated carbocycles. The van der Waals surface area contributed by atoms with E-state index in [1.807, 2.05) is 0 Å². The van der Waals surface area contributed by atoms with Crippen molar-refractivity contribution in [2.45, 2.75) is 77.7 Å². The van der Waals surface area contributed by atoms with Gasteiger partial charge in [-0.25, -0.2) is 0 Å². The van der Waals surface area contributed by atoms with Gasteiger partial charge in [0.05, 0.1) is 22.6 Å². The number of aromatic nitrogens is 2. The summed E-state index contributed by atoms with van der Waals surface area (Å²) in [4.78, 5) is 0. The second kappa shape index (κ2) is 13.1. The number of para-hydroxylation sites is 1. The highest BCUT2D eigenvalue weighted by Crippen LogP contribution is 2.61. The molecule has 3 aliphatic carbocycles. The Hall–Kier alpha value is -6.38. The summed E-state index contributed by atoms with van der Waals surface area (Å²) in [7, 11) is 0. The average molecular weight is 775 g/mol. The van der Waals surface area contributed by atoms with Crippen LogP contribution in [0.4, 0.5) is 0 Å². The molecule has 3 aliphatic rings. The summed E-state index contributed by atoms with van der Waals surface area (Å²) in [5, 5.41) is 5.48. The van der Waals surface area contributed by atoms with E-state index in [1.54, 1.807) is 5.56 Å². The highest BCUT2D eigenvalue weighted by molar-refractivity contribution is 6.17. The Morgan fingerprint density at radius 3 is 1.55 bits per heavy atom. The van der Waals surface area contributed by atoms with Crippen molar-refractivity contribution in [2.24, 2.45) is 0 Å². The van der Waals surface area contributed by atoms with Crippen LogP contribution >= 0.6 is 0 Å². The first kappa shape index (κ1) is 35.6. The molecule has 0 radical (unpaired) electrons. The largest absolute Gasteiger partial charge is 0.333 e. The maximum atomic E-state index is 2.72. The zero-order chi connectivity index (χ0) is 40.6. The lowest BCUT2D eigenvalue weighted by Gasteiger charge is -2.42. The molecule has 2 heteroatoms. The molecule has 5 unspecified atom stereocenters. The Kier molecular flexibility index (Phi) is 7.74. The van der Waals surface area contributed by atoms with E-state index >= 15 is 0 Å². The Morgan fingerprint density at radius 2 is 0.983 bits per heavy atom. The molecule has 0 amide bonds. The van der Waals surface area contributed by atoms with E-state index in [0.717, 1.165) is 6.42 Å². The molecule has 2 nitrogen and oxygen atoms in total. The van der Waals surface area contributed by atoms with Crippen LogP contribution in [-0.2, 0) is 0 Å². The first-order valence-corrected chi connectivity index (χ1v) is 22.1. The van der Waals surface area contributed by atoms with E-state index in [-0.39, 0.29) is 6.04 Å². The molecule has 12 rings (SSSR count). The molecule has 0 spiro atoms. The normalized spacial score (nSPS) is 20.5. The number of hydrogen-bond donors (Lipinski definition) is 0. The molecule has 7 aromatic carbocycles. The van der Waals surface area contributed by atoms with Crippen molar-refractivity contribution < 1.29 is 0 Å². The van der Waals surface area contributed by atoms with Crippen LogP contribution in [0, 0.1) is 13.8 Å². The number of allylic oxidation sites excluding steroid dienone is 4. The van der Waals surface area contributed by atoms with Crippen molar-refractivity contribution in [1.29, 1.82) is 0 Å². The van der Waals surface area contributed by atoms with Crippen molar-refractivity contribution in [1.82, 2.24) is 9.13 Å². The van der Waals surface area contributed by atoms with Gasteiger partial charge in [-0.15, -0.1) is 0 Å². The van der Waals surface area contributed by atoms with Crippen LogP contribution in [0.15, 0.2) is 152 Å². The Balaban J connectivity index is 1.21. The minimum Gasteiger partial charge on any atom is -0.333 e. The lowest BCUT2D eigenvalue weighted by Crippen LogP contribution is -2.24. The minimum absolute atomic E-state index is 0.253. The van der Waals surface area contributed by atoms with Crippen LogP contribution in [0.25, 0.3) is 82.7 Å². The van der Waals surface area contributed by atoms with Crippen molar-refractivity contribution in [3.63, 3.8) is 0 Å². The minimum atomic E-state index is 0.253. The number of nitrogens with zero attached hydrogens (tertiary/aromatic N) is 2. The molecule has 0 fully saturated rings. The molecule has 0 N–H and O–H groups in total. The van der Waals surface area contributed by atoms with Crippen molar-refractivity contribution in [3.8, 4) is 39.1 Å². The molecule has 9 aromatic rings. The molecular weight excluding hydrogens is 725 g/mol. The summed E-state index contributed by atoms with van der Waals surface area (Å²) in [5.74, 6) is 1.30. The zero-order valence-electron chi connectivity index (χ0n) is 35.4. The van der Waals surface area contributed by atoms with Gasteiger partial charge in [-0.05, 0) is 148 Å². The van der Waals surface area contributed by atoms with Crippen LogP contribution in [-0.4, -0.2) is 9.13 Å². The molecule has 0 saturated heterocycles. The van der Waals surface area contributed by atoms with Crippen molar-refractivity contribution in [3.05, 3.63) is 185 Å². The van der Waals surface area contributed by atoms with E-state index in [4.69, 9.17) is 0 Å². The van der Waals surface area contributed by atoms with E-state index in [2.05, 4.69) is 202 Å². The van der Waals surface area contributed by atoms with E-state index in [1.165, 1.54) is 110 Å². The summed E-state index contributed by atoms with van der Waals surface area (Å²) in [6.45, 7) is 14.4. The molecular formula is C58H50N2. The summed E-state index contributed by atoms with van der Waals surface area (Å²) in [6, 6.07) is 49.1. The quantitative estimate of drug-likeness (QED) is 0.169. The third-order valence-electron chi connectivity index (χ3n) is 15.0. The second-order valence-electron chi connectivity index (χ2n) is 18.3. The van der Waals surface area contributed by atoms with Gasteiger partial charge in [0.1, 0.15) is 0 Å². The van der Waals surface area contributed by atoms with Crippen LogP contribution in [0.3, 0.4) is 0 Å². The topological polar surface area (TPSA) is 9.86 Å². The van der Waals surface area contributed by atoms with E-state index in [9.17, 15) is 0 Å².